The van der Waals surface area contributed by atoms with Gasteiger partial charge in [-0.1, -0.05) is 14.9 Å². The number of esters is 1. The van der Waals surface area contributed by atoms with Gasteiger partial charge in [-0.3, -0.25) is 4.79 Å². The van der Waals surface area contributed by atoms with Crippen molar-refractivity contribution in [3.63, 3.8) is 0 Å². The number of carboxylic acid groups (broad SMARTS) is 1. The molecule has 0 amide bonds. The predicted octanol–water partition coefficient (Wildman–Crippen LogP) is 6.56. The number of fused-ring (bicyclic) bond motifs is 1. The van der Waals surface area contributed by atoms with Gasteiger partial charge in [0.15, 0.2) is 0 Å². The Morgan fingerprint density at radius 2 is 1.19 bits per heavy atom. The van der Waals surface area contributed by atoms with E-state index in [-0.39, 0.29) is 57.3 Å². The topological polar surface area (TPSA) is 219 Å². The summed E-state index contributed by atoms with van der Waals surface area (Å²) in [4.78, 5) is 34.1. The number of aromatic carboxylic acids is 1. The fourth-order valence-corrected chi connectivity index (χ4v) is 7.08. The zero-order chi connectivity index (χ0) is 39.5. The molecule has 7 rings (SSSR count). The third kappa shape index (κ3) is 14.4. The van der Waals surface area contributed by atoms with Crippen molar-refractivity contribution in [1.29, 1.82) is 15.8 Å². The Kier molecular flexibility index (Phi) is 24.4. The van der Waals surface area contributed by atoms with E-state index in [1.54, 1.807) is 30.3 Å². The van der Waals surface area contributed by atoms with Crippen molar-refractivity contribution < 1.29 is 57.9 Å². The van der Waals surface area contributed by atoms with Gasteiger partial charge in [-0.2, -0.15) is 15.8 Å². The Morgan fingerprint density at radius 3 is 1.59 bits per heavy atom. The molecule has 0 radical (unpaired) electrons. The molecule has 58 heavy (non-hydrogen) atoms. The van der Waals surface area contributed by atoms with E-state index in [0.717, 1.165) is 78.3 Å². The van der Waals surface area contributed by atoms with Gasteiger partial charge in [0.05, 0.1) is 52.6 Å². The molecule has 306 valence electrons. The number of benzene rings is 3. The second-order valence-corrected chi connectivity index (χ2v) is 16.1. The van der Waals surface area contributed by atoms with Crippen molar-refractivity contribution in [3.8, 4) is 18.2 Å². The molecule has 1 heterocycles. The number of hydrogen-bond donors (Lipinski definition) is 2. The summed E-state index contributed by atoms with van der Waals surface area (Å²) in [6.07, 6.45) is 8.04. The second kappa shape index (κ2) is 25.9. The summed E-state index contributed by atoms with van der Waals surface area (Å²) in [7, 11) is 7.36. The largest absolute Gasteiger partial charge is 1.00 e. The number of carbonyl (C=O) groups excluding carboxylic acids is 2. The number of nitrogens with zero attached hydrogens (tertiary/aromatic N) is 3. The zero-order valence-corrected chi connectivity index (χ0v) is 34.2. The first kappa shape index (κ1) is 54.6. The van der Waals surface area contributed by atoms with Gasteiger partial charge in [-0.25, -0.2) is 13.8 Å². The molecule has 0 spiro atoms. The molecule has 0 unspecified atom stereocenters. The summed E-state index contributed by atoms with van der Waals surface area (Å²) >= 11 is 11.3. The molecule has 3 N–H and O–H groups in total. The number of carboxylic acids is 1. The fourth-order valence-electron chi connectivity index (χ4n) is 6.72. The minimum Gasteiger partial charge on any atom is -0.870 e. The van der Waals surface area contributed by atoms with Gasteiger partial charge in [0.1, 0.15) is 0 Å². The molecule has 0 atom stereocenters. The van der Waals surface area contributed by atoms with Gasteiger partial charge in [0.25, 0.3) is 5.24 Å². The third-order valence-corrected chi connectivity index (χ3v) is 9.74. The van der Waals surface area contributed by atoms with E-state index >= 15 is 0 Å². The number of halogens is 4. The van der Waals surface area contributed by atoms with Crippen LogP contribution < -0.4 is 18.9 Å². The van der Waals surface area contributed by atoms with Crippen molar-refractivity contribution >= 4 is 71.0 Å². The summed E-state index contributed by atoms with van der Waals surface area (Å²) in [6, 6.07) is 16.3. The summed E-state index contributed by atoms with van der Waals surface area (Å²) < 4.78 is 14.1. The fraction of sp³-hybridized carbons (Fsp3) is 0.415. The first-order valence-corrected chi connectivity index (χ1v) is 20.8. The van der Waals surface area contributed by atoms with Crippen LogP contribution in [0.5, 0.6) is 0 Å². The zero-order valence-electron chi connectivity index (χ0n) is 30.3. The quantitative estimate of drug-likeness (QED) is 0.102. The maximum absolute atomic E-state index is 11.6. The van der Waals surface area contributed by atoms with E-state index in [0.29, 0.717) is 70.9 Å². The molecule has 17 heteroatoms. The van der Waals surface area contributed by atoms with Gasteiger partial charge >= 0.3 is 30.8 Å². The molecule has 3 aromatic carbocycles. The summed E-state index contributed by atoms with van der Waals surface area (Å²) in [5.41, 5.74) is 8.75. The molecule has 0 bridgehead atoms. The van der Waals surface area contributed by atoms with Crippen LogP contribution in [0.4, 0.5) is 0 Å². The van der Waals surface area contributed by atoms with Crippen LogP contribution in [0.25, 0.3) is 0 Å². The molecule has 3 aromatic rings. The van der Waals surface area contributed by atoms with Gasteiger partial charge in [0, 0.05) is 45.8 Å². The molecule has 0 saturated heterocycles. The van der Waals surface area contributed by atoms with Crippen LogP contribution in [0.15, 0.2) is 36.4 Å². The first-order valence-electron chi connectivity index (χ1n) is 17.1. The van der Waals surface area contributed by atoms with E-state index in [1.165, 1.54) is 6.07 Å². The first-order chi connectivity index (χ1) is 25.9. The van der Waals surface area contributed by atoms with Crippen LogP contribution in [0.1, 0.15) is 152 Å². The van der Waals surface area contributed by atoms with Crippen molar-refractivity contribution in [3.05, 3.63) is 103 Å². The van der Waals surface area contributed by atoms with Crippen molar-refractivity contribution in [2.75, 3.05) is 19.1 Å². The Hall–Kier alpha value is -3.43. The van der Waals surface area contributed by atoms with E-state index in [4.69, 9.17) is 58.1 Å². The summed E-state index contributed by atoms with van der Waals surface area (Å²) in [5.74, 6) is 0.374. The Labute approximate surface area is 373 Å². The average molecular weight is 888 g/mol. The van der Waals surface area contributed by atoms with Crippen LogP contribution in [-0.4, -0.2) is 56.2 Å². The van der Waals surface area contributed by atoms with Crippen LogP contribution in [0.2, 0.25) is 0 Å². The van der Waals surface area contributed by atoms with Crippen LogP contribution in [0.3, 0.4) is 0 Å². The number of ether oxygens (including phenoxy) is 1. The number of aliphatic hydroxyl groups excluding tert-OH is 1. The molecule has 3 saturated carbocycles. The maximum atomic E-state index is 11.6. The second-order valence-electron chi connectivity index (χ2n) is 12.9. The monoisotopic (exact) mass is 885 g/mol. The minimum absolute atomic E-state index is 0. The van der Waals surface area contributed by atoms with Gasteiger partial charge in [0.2, 0.25) is 9.23 Å². The Bertz CT molecular complexity index is 1990. The van der Waals surface area contributed by atoms with E-state index in [1.807, 2.05) is 0 Å². The molecular weight excluding hydrogens is 843 g/mol. The third-order valence-electron chi connectivity index (χ3n) is 9.34. The number of hydrogen-bond acceptors (Lipinski definition) is 10. The number of rotatable bonds is 9. The van der Waals surface area contributed by atoms with Crippen molar-refractivity contribution in [1.82, 2.24) is 0 Å². The van der Waals surface area contributed by atoms with E-state index in [9.17, 15) is 14.4 Å². The number of aliphatic hydroxyl groups is 1. The van der Waals surface area contributed by atoms with Gasteiger partial charge < -0.3 is 20.4 Å². The van der Waals surface area contributed by atoms with E-state index < -0.39 is 20.4 Å². The number of alkyl halides is 1. The predicted molar refractivity (Wildman–Crippen MR) is 221 cm³/mol. The Balaban J connectivity index is 0.000000776. The molecule has 4 aliphatic rings. The minimum atomic E-state index is -1.67. The molecule has 3 aliphatic carbocycles. The molecule has 3 fully saturated rings. The maximum Gasteiger partial charge on any atom is 1.00 e. The number of carbonyl (C=O) groups is 3. The van der Waals surface area contributed by atoms with Gasteiger partial charge in [-0.15, -0.1) is 11.6 Å². The van der Waals surface area contributed by atoms with Crippen LogP contribution in [-0.2, 0) is 33.2 Å². The molecular formula is C41H44Cl4LiN3O8S. The molecule has 11 nitrogen and oxygen atoms in total. The molecule has 1 aliphatic heterocycles. The Morgan fingerprint density at radius 1 is 0.776 bits per heavy atom. The summed E-state index contributed by atoms with van der Waals surface area (Å²) in [6.45, 7) is 0.343. The van der Waals surface area contributed by atoms with Crippen molar-refractivity contribution in [2.24, 2.45) is 0 Å². The number of nitriles is 3. The van der Waals surface area contributed by atoms with Crippen LogP contribution >= 0.6 is 44.6 Å². The SMILES string of the molecule is C.C.N#Cc1ccc(C(=O)Cl)c(CCCl)c1C1CC1.N#Cc1ccc(C(=O)O)c(CCO)c1C1CC1.N#Cc1ccc2c(c1C1CC1)CCOC2=O.O=S(Cl)Cl.[Li+].[OH-]. The van der Waals surface area contributed by atoms with Gasteiger partial charge in [-0.05, 0) is 151 Å². The van der Waals surface area contributed by atoms with Crippen LogP contribution in [0, 0.1) is 34.0 Å². The normalized spacial score (nSPS) is 14.2. The van der Waals surface area contributed by atoms with E-state index in [2.05, 4.69) is 39.6 Å². The number of cyclic esters (lactones) is 1. The summed E-state index contributed by atoms with van der Waals surface area (Å²) in [5, 5.41) is 45.0. The molecule has 0 aromatic heterocycles. The standard InChI is InChI=1S/C13H11Cl2NO.C13H13NO3.C13H11NO2.2CH4.Cl2OS.Li.H2O/c14-6-5-10-11(13(15)17)4-3-9(7-16)12(10)8-1-2-8;14-7-9-3-4-11(13(16)17)10(5-6-15)12(9)8-1-2-8;14-7-9-3-4-11-10(5-6-16-13(11)15)12(9)8-1-2-8;;;1-4(2)3;;/h3-4,8H,1-2,5-6H2;3-4,8,15H,1-2,5-6H2,(H,16,17);3-4,8H,1-2,5-6H2;2*1H4;;;1H2/q;;;;;;+1;/p-1. The smallest absolute Gasteiger partial charge is 0.870 e. The van der Waals surface area contributed by atoms with Crippen molar-refractivity contribution in [2.45, 2.75) is 90.4 Å². The average Bonchev–Trinajstić information content (AvgIpc) is 3.98.